The van der Waals surface area contributed by atoms with Crippen LogP contribution in [-0.4, -0.2) is 36.0 Å². The van der Waals surface area contributed by atoms with E-state index in [-0.39, 0.29) is 11.8 Å². The Labute approximate surface area is 135 Å². The van der Waals surface area contributed by atoms with Crippen molar-refractivity contribution in [2.45, 2.75) is 78.7 Å². The van der Waals surface area contributed by atoms with Crippen molar-refractivity contribution in [3.8, 4) is 0 Å². The Balaban J connectivity index is 0.000000235. The molecular weight excluding hydrogens is 278 g/mol. The number of carbonyl (C=O) groups is 2. The predicted octanol–water partition coefficient (Wildman–Crippen LogP) is 3.78. The topological polar surface area (TPSA) is 46.6 Å². The number of hydrogen-bond donors (Lipinski definition) is 0. The number of nitrogens with zero attached hydrogens (tertiary/aromatic N) is 1. The highest BCUT2D eigenvalue weighted by Crippen LogP contribution is 2.18. The van der Waals surface area contributed by atoms with Gasteiger partial charge in [-0.3, -0.25) is 14.5 Å². The highest BCUT2D eigenvalue weighted by Gasteiger charge is 2.27. The molecule has 0 aromatic carbocycles. The molecule has 2 fully saturated rings. The number of amides is 2. The minimum absolute atomic E-state index is 0.00811. The van der Waals surface area contributed by atoms with Gasteiger partial charge in [0.15, 0.2) is 0 Å². The van der Waals surface area contributed by atoms with Crippen LogP contribution in [0.4, 0.5) is 0 Å². The summed E-state index contributed by atoms with van der Waals surface area (Å²) < 4.78 is 5.46. The van der Waals surface area contributed by atoms with Crippen molar-refractivity contribution in [1.29, 1.82) is 0 Å². The summed E-state index contributed by atoms with van der Waals surface area (Å²) >= 11 is 0. The Morgan fingerprint density at radius 2 is 1.73 bits per heavy atom. The van der Waals surface area contributed by atoms with Crippen molar-refractivity contribution < 1.29 is 14.3 Å². The fourth-order valence-electron chi connectivity index (χ4n) is 2.89. The molecular formula is C18H33NO3. The lowest BCUT2D eigenvalue weighted by molar-refractivity contribution is -0.138. The Hall–Kier alpha value is -0.900. The lowest BCUT2D eigenvalue weighted by atomic mass is 10.0. The molecule has 0 spiro atoms. The van der Waals surface area contributed by atoms with E-state index in [1.807, 2.05) is 0 Å². The van der Waals surface area contributed by atoms with Crippen LogP contribution >= 0.6 is 0 Å². The number of rotatable bonds is 6. The van der Waals surface area contributed by atoms with Gasteiger partial charge in [0.2, 0.25) is 11.8 Å². The molecule has 0 aromatic rings. The number of hydrogen-bond acceptors (Lipinski definition) is 3. The summed E-state index contributed by atoms with van der Waals surface area (Å²) in [4.78, 5) is 23.7. The van der Waals surface area contributed by atoms with Crippen LogP contribution in [0.1, 0.15) is 72.6 Å². The molecule has 2 saturated heterocycles. The summed E-state index contributed by atoms with van der Waals surface area (Å²) in [5.74, 6) is 1.46. The summed E-state index contributed by atoms with van der Waals surface area (Å²) in [6, 6.07) is 0. The number of imide groups is 1. The second-order valence-corrected chi connectivity index (χ2v) is 7.24. The van der Waals surface area contributed by atoms with Gasteiger partial charge in [-0.1, -0.05) is 27.7 Å². The predicted molar refractivity (Wildman–Crippen MR) is 88.5 cm³/mol. The monoisotopic (exact) mass is 311 g/mol. The van der Waals surface area contributed by atoms with E-state index >= 15 is 0 Å². The quantitative estimate of drug-likeness (QED) is 0.701. The Kier molecular flexibility index (Phi) is 8.69. The van der Waals surface area contributed by atoms with E-state index in [2.05, 4.69) is 27.7 Å². The largest absolute Gasteiger partial charge is 0.378 e. The first-order valence-corrected chi connectivity index (χ1v) is 8.85. The SMILES string of the molecule is CC(C)CC1CCCO1.CC(C)CCCN1C(=O)CCC1=O. The van der Waals surface area contributed by atoms with Gasteiger partial charge in [0.05, 0.1) is 6.10 Å². The van der Waals surface area contributed by atoms with Gasteiger partial charge in [0.25, 0.3) is 0 Å². The van der Waals surface area contributed by atoms with Crippen molar-refractivity contribution in [3.63, 3.8) is 0 Å². The van der Waals surface area contributed by atoms with Gasteiger partial charge in [-0.15, -0.1) is 0 Å². The van der Waals surface area contributed by atoms with E-state index in [4.69, 9.17) is 4.74 Å². The van der Waals surface area contributed by atoms with Crippen LogP contribution in [0.3, 0.4) is 0 Å². The van der Waals surface area contributed by atoms with Gasteiger partial charge in [0.1, 0.15) is 0 Å². The molecule has 0 radical (unpaired) electrons. The zero-order chi connectivity index (χ0) is 16.5. The van der Waals surface area contributed by atoms with E-state index in [0.29, 0.717) is 31.4 Å². The molecule has 2 aliphatic heterocycles. The van der Waals surface area contributed by atoms with Crippen molar-refractivity contribution in [1.82, 2.24) is 4.90 Å². The van der Waals surface area contributed by atoms with Gasteiger partial charge >= 0.3 is 0 Å². The molecule has 4 nitrogen and oxygen atoms in total. The maximum Gasteiger partial charge on any atom is 0.229 e. The molecule has 0 N–H and O–H groups in total. The Morgan fingerprint density at radius 1 is 1.09 bits per heavy atom. The fraction of sp³-hybridized carbons (Fsp3) is 0.889. The van der Waals surface area contributed by atoms with Gasteiger partial charge < -0.3 is 4.74 Å². The molecule has 0 saturated carbocycles. The van der Waals surface area contributed by atoms with Gasteiger partial charge in [-0.05, 0) is 43.9 Å². The average Bonchev–Trinajstić information content (AvgIpc) is 3.03. The first-order chi connectivity index (χ1) is 10.4. The maximum absolute atomic E-state index is 11.2. The zero-order valence-corrected chi connectivity index (χ0v) is 14.8. The van der Waals surface area contributed by atoms with E-state index in [1.54, 1.807) is 0 Å². The Bertz CT molecular complexity index is 330. The van der Waals surface area contributed by atoms with Crippen molar-refractivity contribution in [3.05, 3.63) is 0 Å². The molecule has 0 aromatic heterocycles. The fourth-order valence-corrected chi connectivity index (χ4v) is 2.89. The van der Waals surface area contributed by atoms with Crippen LogP contribution in [-0.2, 0) is 14.3 Å². The summed E-state index contributed by atoms with van der Waals surface area (Å²) in [7, 11) is 0. The van der Waals surface area contributed by atoms with E-state index in [0.717, 1.165) is 25.4 Å². The zero-order valence-electron chi connectivity index (χ0n) is 14.8. The van der Waals surface area contributed by atoms with Crippen molar-refractivity contribution in [2.24, 2.45) is 11.8 Å². The summed E-state index contributed by atoms with van der Waals surface area (Å²) in [6.45, 7) is 10.4. The van der Waals surface area contributed by atoms with E-state index < -0.39 is 0 Å². The first-order valence-electron chi connectivity index (χ1n) is 8.85. The van der Waals surface area contributed by atoms with Crippen LogP contribution < -0.4 is 0 Å². The van der Waals surface area contributed by atoms with Crippen LogP contribution in [0.25, 0.3) is 0 Å². The highest BCUT2D eigenvalue weighted by molar-refractivity contribution is 6.01. The first kappa shape index (κ1) is 19.1. The molecule has 128 valence electrons. The molecule has 1 unspecified atom stereocenters. The normalized spacial score (nSPS) is 21.7. The summed E-state index contributed by atoms with van der Waals surface area (Å²) in [5, 5.41) is 0. The molecule has 1 atom stereocenters. The maximum atomic E-state index is 11.2. The Morgan fingerprint density at radius 3 is 2.18 bits per heavy atom. The second-order valence-electron chi connectivity index (χ2n) is 7.24. The van der Waals surface area contributed by atoms with Crippen LogP contribution in [0.15, 0.2) is 0 Å². The van der Waals surface area contributed by atoms with Crippen LogP contribution in [0.2, 0.25) is 0 Å². The van der Waals surface area contributed by atoms with Gasteiger partial charge in [0, 0.05) is 26.0 Å². The molecule has 4 heteroatoms. The van der Waals surface area contributed by atoms with Crippen LogP contribution in [0, 0.1) is 11.8 Å². The number of ether oxygens (including phenoxy) is 1. The van der Waals surface area contributed by atoms with E-state index in [9.17, 15) is 9.59 Å². The third kappa shape index (κ3) is 7.39. The molecule has 22 heavy (non-hydrogen) atoms. The molecule has 2 rings (SSSR count). The van der Waals surface area contributed by atoms with Crippen LogP contribution in [0.5, 0.6) is 0 Å². The van der Waals surface area contributed by atoms with E-state index in [1.165, 1.54) is 24.2 Å². The third-order valence-electron chi connectivity index (χ3n) is 4.08. The number of likely N-dealkylation sites (tertiary alicyclic amines) is 1. The summed E-state index contributed by atoms with van der Waals surface area (Å²) in [6.07, 6.45) is 7.26. The van der Waals surface area contributed by atoms with Gasteiger partial charge in [-0.2, -0.15) is 0 Å². The molecule has 2 aliphatic rings. The standard InChI is InChI=1S/C10H17NO2.C8H16O/c1-8(2)4-3-7-11-9(12)5-6-10(11)13;1-7(2)6-8-4-3-5-9-8/h8H,3-7H2,1-2H3;7-8H,3-6H2,1-2H3. The lowest BCUT2D eigenvalue weighted by Gasteiger charge is -2.13. The minimum Gasteiger partial charge on any atom is -0.378 e. The number of carbonyl (C=O) groups excluding carboxylic acids is 2. The smallest absolute Gasteiger partial charge is 0.229 e. The molecule has 2 amide bonds. The highest BCUT2D eigenvalue weighted by atomic mass is 16.5. The average molecular weight is 311 g/mol. The molecule has 0 bridgehead atoms. The molecule has 2 heterocycles. The minimum atomic E-state index is 0.00811. The summed E-state index contributed by atoms with van der Waals surface area (Å²) in [5.41, 5.74) is 0. The lowest BCUT2D eigenvalue weighted by Crippen LogP contribution is -2.30. The van der Waals surface area contributed by atoms with Crippen molar-refractivity contribution in [2.75, 3.05) is 13.2 Å². The molecule has 0 aliphatic carbocycles. The second kappa shape index (κ2) is 9.98. The van der Waals surface area contributed by atoms with Crippen molar-refractivity contribution >= 4 is 11.8 Å². The third-order valence-corrected chi connectivity index (χ3v) is 4.08. The van der Waals surface area contributed by atoms with Gasteiger partial charge in [-0.25, -0.2) is 0 Å².